The summed E-state index contributed by atoms with van der Waals surface area (Å²) in [6.07, 6.45) is 13.1. The van der Waals surface area contributed by atoms with Crippen LogP contribution in [0, 0.1) is 5.92 Å². The number of rotatable bonds is 9. The van der Waals surface area contributed by atoms with Gasteiger partial charge in [-0.1, -0.05) is 48.7 Å². The average molecular weight is 581 g/mol. The minimum atomic E-state index is -0.960. The molecule has 9 nitrogen and oxygen atoms in total. The number of nitrogens with zero attached hydrogens (tertiary/aromatic N) is 5. The number of piperidine rings is 1. The van der Waals surface area contributed by atoms with E-state index in [9.17, 15) is 9.90 Å². The van der Waals surface area contributed by atoms with Crippen molar-refractivity contribution in [2.75, 3.05) is 13.1 Å². The van der Waals surface area contributed by atoms with Crippen LogP contribution >= 0.6 is 0 Å². The normalized spacial score (nSPS) is 21.9. The summed E-state index contributed by atoms with van der Waals surface area (Å²) in [7, 11) is 0. The van der Waals surface area contributed by atoms with Gasteiger partial charge < -0.3 is 15.2 Å². The van der Waals surface area contributed by atoms with Crippen molar-refractivity contribution >= 4 is 5.97 Å². The number of hydrogen-bond donors (Lipinski definition) is 2. The number of carboxylic acid groups (broad SMARTS) is 1. The Kier molecular flexibility index (Phi) is 7.74. The van der Waals surface area contributed by atoms with E-state index in [0.29, 0.717) is 12.0 Å². The van der Waals surface area contributed by atoms with Gasteiger partial charge in [-0.15, -0.1) is 5.10 Å². The molecule has 0 spiro atoms. The van der Waals surface area contributed by atoms with Gasteiger partial charge in [0.05, 0.1) is 35.4 Å². The summed E-state index contributed by atoms with van der Waals surface area (Å²) in [4.78, 5) is 12.3. The van der Waals surface area contributed by atoms with Gasteiger partial charge in [0.1, 0.15) is 11.3 Å². The van der Waals surface area contributed by atoms with Crippen molar-refractivity contribution in [3.05, 3.63) is 77.9 Å². The molecule has 1 aliphatic heterocycles. The second kappa shape index (κ2) is 12.0. The van der Waals surface area contributed by atoms with Gasteiger partial charge >= 0.3 is 5.97 Å². The van der Waals surface area contributed by atoms with Crippen LogP contribution in [0.2, 0.25) is 0 Å². The van der Waals surface area contributed by atoms with Crippen LogP contribution in [0.1, 0.15) is 97.9 Å². The molecule has 1 saturated heterocycles. The molecule has 2 N–H and O–H groups in total. The SMILES string of the molecule is C[C@H](Oc1cccc(-c2cccc(-n3ncc(C(=O)O)c3C3CC3c3cn(C4CCNCC4)nn3)c2)c1)C1CCCCC1. The standard InChI is InChI=1S/C34H40N6O3/c1-22(23-7-3-2-4-8-23)43-28-12-6-10-25(18-28)24-9-5-11-27(17-24)40-33(31(20-36-40)34(41)42)30-19-29(30)32-21-39(38-37-32)26-13-15-35-16-14-26/h5-6,9-12,17-18,20-23,26,29-30,35H,2-4,7-8,13-16,19H2,1H3,(H,41,42)/t22-,29?,30?/m0/s1. The van der Waals surface area contributed by atoms with E-state index < -0.39 is 5.97 Å². The van der Waals surface area contributed by atoms with E-state index in [2.05, 4.69) is 58.1 Å². The highest BCUT2D eigenvalue weighted by Crippen LogP contribution is 2.55. The second-order valence-corrected chi connectivity index (χ2v) is 12.5. The van der Waals surface area contributed by atoms with Crippen LogP contribution in [0.3, 0.4) is 0 Å². The van der Waals surface area contributed by atoms with Crippen molar-refractivity contribution in [2.45, 2.75) is 82.3 Å². The van der Waals surface area contributed by atoms with Gasteiger partial charge in [0.2, 0.25) is 0 Å². The van der Waals surface area contributed by atoms with Crippen LogP contribution in [0.25, 0.3) is 16.8 Å². The quantitative estimate of drug-likeness (QED) is 0.237. The molecule has 9 heteroatoms. The van der Waals surface area contributed by atoms with Gasteiger partial charge in [-0.25, -0.2) is 14.2 Å². The van der Waals surface area contributed by atoms with Crippen molar-refractivity contribution in [1.82, 2.24) is 30.1 Å². The van der Waals surface area contributed by atoms with Gasteiger partial charge in [-0.05, 0) is 93.4 Å². The summed E-state index contributed by atoms with van der Waals surface area (Å²) < 4.78 is 10.2. The molecule has 3 aliphatic rings. The zero-order chi connectivity index (χ0) is 29.3. The topological polar surface area (TPSA) is 107 Å². The Morgan fingerprint density at radius 2 is 1.77 bits per heavy atom. The van der Waals surface area contributed by atoms with Gasteiger partial charge in [0.25, 0.3) is 0 Å². The minimum absolute atomic E-state index is 0.0217. The summed E-state index contributed by atoms with van der Waals surface area (Å²) in [6.45, 7) is 4.17. The molecule has 0 radical (unpaired) electrons. The minimum Gasteiger partial charge on any atom is -0.490 e. The van der Waals surface area contributed by atoms with Crippen molar-refractivity contribution < 1.29 is 14.6 Å². The largest absolute Gasteiger partial charge is 0.490 e. The zero-order valence-electron chi connectivity index (χ0n) is 24.7. The summed E-state index contributed by atoms with van der Waals surface area (Å²) in [5.41, 5.74) is 4.83. The predicted octanol–water partition coefficient (Wildman–Crippen LogP) is 6.37. The number of aromatic carboxylic acids is 1. The highest BCUT2D eigenvalue weighted by molar-refractivity contribution is 5.89. The Morgan fingerprint density at radius 3 is 2.56 bits per heavy atom. The molecule has 2 aromatic carbocycles. The number of carbonyl (C=O) groups is 1. The van der Waals surface area contributed by atoms with E-state index in [-0.39, 0.29) is 23.5 Å². The molecule has 43 heavy (non-hydrogen) atoms. The Balaban J connectivity index is 1.13. The molecule has 4 aromatic rings. The molecule has 3 heterocycles. The van der Waals surface area contributed by atoms with Crippen LogP contribution in [0.5, 0.6) is 5.75 Å². The fourth-order valence-electron chi connectivity index (χ4n) is 7.10. The van der Waals surface area contributed by atoms with Crippen molar-refractivity contribution in [3.8, 4) is 22.6 Å². The third-order valence-corrected chi connectivity index (χ3v) is 9.66. The van der Waals surface area contributed by atoms with Crippen LogP contribution in [0.4, 0.5) is 0 Å². The molecular formula is C34H40N6O3. The van der Waals surface area contributed by atoms with E-state index in [1.807, 2.05) is 28.9 Å². The Morgan fingerprint density at radius 1 is 1.00 bits per heavy atom. The summed E-state index contributed by atoms with van der Waals surface area (Å²) in [6, 6.07) is 16.8. The van der Waals surface area contributed by atoms with Crippen LogP contribution in [-0.2, 0) is 0 Å². The first-order valence-corrected chi connectivity index (χ1v) is 15.9. The average Bonchev–Trinajstić information content (AvgIpc) is 3.45. The zero-order valence-corrected chi connectivity index (χ0v) is 24.7. The summed E-state index contributed by atoms with van der Waals surface area (Å²) >= 11 is 0. The lowest BCUT2D eigenvalue weighted by Gasteiger charge is -2.28. The smallest absolute Gasteiger partial charge is 0.339 e. The lowest BCUT2D eigenvalue weighted by molar-refractivity contribution is 0.0695. The molecule has 3 atom stereocenters. The van der Waals surface area contributed by atoms with Crippen molar-refractivity contribution in [3.63, 3.8) is 0 Å². The fourth-order valence-corrected chi connectivity index (χ4v) is 7.10. The molecule has 2 saturated carbocycles. The van der Waals surface area contributed by atoms with Gasteiger partial charge in [0.15, 0.2) is 0 Å². The number of carboxylic acids is 1. The number of aromatic nitrogens is 5. The van der Waals surface area contributed by atoms with Gasteiger partial charge in [-0.3, -0.25) is 0 Å². The Labute approximate surface area is 252 Å². The molecule has 3 fully saturated rings. The van der Waals surface area contributed by atoms with E-state index in [4.69, 9.17) is 4.74 Å². The maximum atomic E-state index is 12.3. The third kappa shape index (κ3) is 5.83. The molecule has 2 aromatic heterocycles. The highest BCUT2D eigenvalue weighted by atomic mass is 16.5. The molecular weight excluding hydrogens is 540 g/mol. The third-order valence-electron chi connectivity index (χ3n) is 9.66. The van der Waals surface area contributed by atoms with Crippen LogP contribution in [0.15, 0.2) is 60.9 Å². The highest BCUT2D eigenvalue weighted by Gasteiger charge is 2.46. The van der Waals surface area contributed by atoms with Crippen molar-refractivity contribution in [2.24, 2.45) is 5.92 Å². The number of ether oxygens (including phenoxy) is 1. The van der Waals surface area contributed by atoms with Crippen molar-refractivity contribution in [1.29, 1.82) is 0 Å². The molecule has 2 aliphatic carbocycles. The first-order valence-electron chi connectivity index (χ1n) is 15.9. The predicted molar refractivity (Wildman–Crippen MR) is 164 cm³/mol. The monoisotopic (exact) mass is 580 g/mol. The Bertz CT molecular complexity index is 1580. The van der Waals surface area contributed by atoms with E-state index in [1.165, 1.54) is 38.3 Å². The fraction of sp³-hybridized carbons (Fsp3) is 0.471. The van der Waals surface area contributed by atoms with E-state index in [1.54, 1.807) is 4.68 Å². The lowest BCUT2D eigenvalue weighted by atomic mass is 9.86. The van der Waals surface area contributed by atoms with Crippen LogP contribution in [-0.4, -0.2) is 55.0 Å². The maximum Gasteiger partial charge on any atom is 0.339 e. The molecule has 7 rings (SSSR count). The van der Waals surface area contributed by atoms with Gasteiger partial charge in [-0.2, -0.15) is 5.10 Å². The maximum absolute atomic E-state index is 12.3. The first-order chi connectivity index (χ1) is 21.0. The Hall–Kier alpha value is -3.98. The number of benzene rings is 2. The van der Waals surface area contributed by atoms with E-state index in [0.717, 1.165) is 66.3 Å². The summed E-state index contributed by atoms with van der Waals surface area (Å²) in [5.74, 6) is 0.689. The first kappa shape index (κ1) is 27.8. The molecule has 2 unspecified atom stereocenters. The van der Waals surface area contributed by atoms with Gasteiger partial charge in [0, 0.05) is 18.0 Å². The van der Waals surface area contributed by atoms with E-state index >= 15 is 0 Å². The summed E-state index contributed by atoms with van der Waals surface area (Å²) in [5, 5.41) is 27.0. The molecule has 224 valence electrons. The lowest BCUT2D eigenvalue weighted by Crippen LogP contribution is -2.29. The molecule has 0 bridgehead atoms. The second-order valence-electron chi connectivity index (χ2n) is 12.5. The van der Waals surface area contributed by atoms with Crippen LogP contribution < -0.4 is 10.1 Å². The molecule has 0 amide bonds. The number of nitrogens with one attached hydrogen (secondary N) is 1. The number of hydrogen-bond acceptors (Lipinski definition) is 6.